The number of benzene rings is 1. The lowest BCUT2D eigenvalue weighted by Crippen LogP contribution is -2.31. The third kappa shape index (κ3) is 4.80. The third-order valence-corrected chi connectivity index (χ3v) is 3.92. The van der Waals surface area contributed by atoms with E-state index in [1.165, 1.54) is 6.07 Å². The second kappa shape index (κ2) is 6.74. The minimum absolute atomic E-state index is 0.0428. The van der Waals surface area contributed by atoms with Crippen molar-refractivity contribution in [3.63, 3.8) is 0 Å². The molecule has 0 spiro atoms. The summed E-state index contributed by atoms with van der Waals surface area (Å²) in [6.07, 6.45) is -3.79. The van der Waals surface area contributed by atoms with Crippen molar-refractivity contribution in [3.05, 3.63) is 33.8 Å². The molecule has 0 aliphatic carbocycles. The molecular weight excluding hydrogens is 391 g/mol. The number of alkyl halides is 4. The first kappa shape index (κ1) is 16.5. The standard InChI is InChI=1S/C12H12Br2F3NO/c1-2-7(13)6-18-11(19)9-4-3-8(14)5-10(9)12(15,16)17/h3-5,7H,2,6H2,1H3,(H,18,19). The molecular formula is C12H12Br2F3NO. The van der Waals surface area contributed by atoms with Gasteiger partial charge in [0.2, 0.25) is 0 Å². The van der Waals surface area contributed by atoms with Crippen LogP contribution in [0.3, 0.4) is 0 Å². The summed E-state index contributed by atoms with van der Waals surface area (Å²) in [5, 5.41) is 2.48. The van der Waals surface area contributed by atoms with E-state index in [1.54, 1.807) is 0 Å². The normalized spacial score (nSPS) is 13.2. The molecule has 1 N–H and O–H groups in total. The minimum atomic E-state index is -4.56. The number of amides is 1. The topological polar surface area (TPSA) is 29.1 Å². The predicted octanol–water partition coefficient (Wildman–Crippen LogP) is 4.37. The second-order valence-electron chi connectivity index (χ2n) is 3.90. The molecule has 0 aromatic heterocycles. The summed E-state index contributed by atoms with van der Waals surface area (Å²) in [7, 11) is 0. The molecule has 1 aromatic carbocycles. The van der Waals surface area contributed by atoms with Crippen LogP contribution in [0, 0.1) is 0 Å². The average molecular weight is 403 g/mol. The molecule has 2 nitrogen and oxygen atoms in total. The highest BCUT2D eigenvalue weighted by atomic mass is 79.9. The van der Waals surface area contributed by atoms with Crippen LogP contribution in [0.1, 0.15) is 29.3 Å². The van der Waals surface area contributed by atoms with Gasteiger partial charge in [0.15, 0.2) is 0 Å². The van der Waals surface area contributed by atoms with Gasteiger partial charge in [0.1, 0.15) is 0 Å². The second-order valence-corrected chi connectivity index (χ2v) is 6.11. The van der Waals surface area contributed by atoms with Crippen molar-refractivity contribution >= 4 is 37.8 Å². The van der Waals surface area contributed by atoms with Crippen molar-refractivity contribution in [2.75, 3.05) is 6.54 Å². The molecule has 1 rings (SSSR count). The van der Waals surface area contributed by atoms with Crippen LogP contribution in [0.2, 0.25) is 0 Å². The molecule has 1 unspecified atom stereocenters. The molecule has 0 saturated carbocycles. The number of carbonyl (C=O) groups is 1. The van der Waals surface area contributed by atoms with Crippen LogP contribution < -0.4 is 5.32 Å². The zero-order valence-electron chi connectivity index (χ0n) is 10.0. The maximum absolute atomic E-state index is 12.8. The first-order valence-electron chi connectivity index (χ1n) is 5.54. The van der Waals surface area contributed by atoms with Gasteiger partial charge in [-0.25, -0.2) is 0 Å². The number of hydrogen-bond acceptors (Lipinski definition) is 1. The molecule has 0 heterocycles. The van der Waals surface area contributed by atoms with Gasteiger partial charge < -0.3 is 5.32 Å². The molecule has 106 valence electrons. The van der Waals surface area contributed by atoms with E-state index in [0.29, 0.717) is 0 Å². The Kier molecular flexibility index (Phi) is 5.85. The molecule has 0 aliphatic heterocycles. The Morgan fingerprint density at radius 3 is 2.58 bits per heavy atom. The molecule has 0 radical (unpaired) electrons. The fourth-order valence-corrected chi connectivity index (χ4v) is 1.91. The Bertz CT molecular complexity index is 463. The highest BCUT2D eigenvalue weighted by Gasteiger charge is 2.35. The maximum atomic E-state index is 12.8. The maximum Gasteiger partial charge on any atom is 0.417 e. The van der Waals surface area contributed by atoms with E-state index in [-0.39, 0.29) is 21.4 Å². The summed E-state index contributed by atoms with van der Waals surface area (Å²) < 4.78 is 38.8. The lowest BCUT2D eigenvalue weighted by Gasteiger charge is -2.14. The van der Waals surface area contributed by atoms with Crippen molar-refractivity contribution < 1.29 is 18.0 Å². The lowest BCUT2D eigenvalue weighted by atomic mass is 10.1. The summed E-state index contributed by atoms with van der Waals surface area (Å²) >= 11 is 6.28. The number of halogens is 5. The molecule has 19 heavy (non-hydrogen) atoms. The van der Waals surface area contributed by atoms with E-state index in [1.807, 2.05) is 6.92 Å². The van der Waals surface area contributed by atoms with Gasteiger partial charge in [-0.1, -0.05) is 38.8 Å². The van der Waals surface area contributed by atoms with Crippen LogP contribution in [-0.2, 0) is 6.18 Å². The van der Waals surface area contributed by atoms with Gasteiger partial charge in [-0.2, -0.15) is 13.2 Å². The number of rotatable bonds is 4. The molecule has 0 aliphatic rings. The van der Waals surface area contributed by atoms with Crippen molar-refractivity contribution in [2.45, 2.75) is 24.3 Å². The van der Waals surface area contributed by atoms with Crippen molar-refractivity contribution in [1.82, 2.24) is 5.32 Å². The Morgan fingerprint density at radius 1 is 1.42 bits per heavy atom. The molecule has 0 saturated heterocycles. The zero-order chi connectivity index (χ0) is 14.6. The summed E-state index contributed by atoms with van der Waals surface area (Å²) in [5.74, 6) is -0.724. The van der Waals surface area contributed by atoms with E-state index in [4.69, 9.17) is 0 Å². The van der Waals surface area contributed by atoms with E-state index in [2.05, 4.69) is 37.2 Å². The fraction of sp³-hybridized carbons (Fsp3) is 0.417. The quantitative estimate of drug-likeness (QED) is 0.744. The Hall–Kier alpha value is -0.560. The average Bonchev–Trinajstić information content (AvgIpc) is 2.34. The van der Waals surface area contributed by atoms with Crippen LogP contribution in [-0.4, -0.2) is 17.3 Å². The van der Waals surface area contributed by atoms with Crippen LogP contribution in [0.15, 0.2) is 22.7 Å². The monoisotopic (exact) mass is 401 g/mol. The summed E-state index contributed by atoms with van der Waals surface area (Å²) in [5.41, 5.74) is -1.31. The van der Waals surface area contributed by atoms with Gasteiger partial charge in [-0.3, -0.25) is 4.79 Å². The predicted molar refractivity (Wildman–Crippen MR) is 74.5 cm³/mol. The third-order valence-electron chi connectivity index (χ3n) is 2.46. The number of nitrogens with one attached hydrogen (secondary N) is 1. The van der Waals surface area contributed by atoms with Crippen molar-refractivity contribution in [3.8, 4) is 0 Å². The number of carbonyl (C=O) groups excluding carboxylic acids is 1. The van der Waals surface area contributed by atoms with Crippen LogP contribution in [0.25, 0.3) is 0 Å². The lowest BCUT2D eigenvalue weighted by molar-refractivity contribution is -0.138. The summed E-state index contributed by atoms with van der Waals surface area (Å²) in [4.78, 5) is 11.8. The van der Waals surface area contributed by atoms with Crippen molar-refractivity contribution in [2.24, 2.45) is 0 Å². The van der Waals surface area contributed by atoms with E-state index in [9.17, 15) is 18.0 Å². The Morgan fingerprint density at radius 2 is 2.05 bits per heavy atom. The molecule has 0 bridgehead atoms. The minimum Gasteiger partial charge on any atom is -0.351 e. The van der Waals surface area contributed by atoms with E-state index in [0.717, 1.165) is 18.6 Å². The van der Waals surface area contributed by atoms with Crippen LogP contribution in [0.5, 0.6) is 0 Å². The smallest absolute Gasteiger partial charge is 0.351 e. The highest BCUT2D eigenvalue weighted by Crippen LogP contribution is 2.33. The molecule has 0 fully saturated rings. The number of hydrogen-bond donors (Lipinski definition) is 1. The van der Waals surface area contributed by atoms with Crippen LogP contribution in [0.4, 0.5) is 13.2 Å². The molecule has 1 aromatic rings. The van der Waals surface area contributed by atoms with Gasteiger partial charge >= 0.3 is 6.18 Å². The molecule has 1 atom stereocenters. The molecule has 7 heteroatoms. The first-order valence-corrected chi connectivity index (χ1v) is 7.25. The van der Waals surface area contributed by atoms with Gasteiger partial charge in [0.05, 0.1) is 11.1 Å². The van der Waals surface area contributed by atoms with Gasteiger partial charge in [-0.05, 0) is 24.6 Å². The summed E-state index contributed by atoms with van der Waals surface area (Å²) in [6, 6.07) is 3.48. The largest absolute Gasteiger partial charge is 0.417 e. The van der Waals surface area contributed by atoms with E-state index >= 15 is 0 Å². The Balaban J connectivity index is 2.97. The SMILES string of the molecule is CCC(Br)CNC(=O)c1ccc(Br)cc1C(F)(F)F. The first-order chi connectivity index (χ1) is 8.75. The van der Waals surface area contributed by atoms with Crippen LogP contribution >= 0.6 is 31.9 Å². The zero-order valence-corrected chi connectivity index (χ0v) is 13.2. The van der Waals surface area contributed by atoms with Gasteiger partial charge in [0, 0.05) is 15.8 Å². The van der Waals surface area contributed by atoms with Gasteiger partial charge in [0.25, 0.3) is 5.91 Å². The van der Waals surface area contributed by atoms with E-state index < -0.39 is 17.6 Å². The molecule has 1 amide bonds. The van der Waals surface area contributed by atoms with Gasteiger partial charge in [-0.15, -0.1) is 0 Å². The summed E-state index contributed by atoms with van der Waals surface area (Å²) in [6.45, 7) is 2.19. The van der Waals surface area contributed by atoms with Crippen molar-refractivity contribution in [1.29, 1.82) is 0 Å². The highest BCUT2D eigenvalue weighted by molar-refractivity contribution is 9.10. The Labute approximate surface area is 126 Å². The fourth-order valence-electron chi connectivity index (χ4n) is 1.39.